The number of nitrogens with one attached hydrogen (secondary N) is 2. The first-order chi connectivity index (χ1) is 12.1. The largest absolute Gasteiger partial charge is 0.334 e. The van der Waals surface area contributed by atoms with Crippen LogP contribution in [0.25, 0.3) is 10.6 Å². The SMILES string of the molecule is N#Cc1cccc(CNC(=O)Nc2ccc(-c3ccc(Cl)s3)nc2)c1. The number of halogens is 1. The molecule has 124 valence electrons. The maximum atomic E-state index is 12.0. The Bertz CT molecular complexity index is 931. The Morgan fingerprint density at radius 3 is 2.80 bits per heavy atom. The van der Waals surface area contributed by atoms with E-state index < -0.39 is 0 Å². The number of carbonyl (C=O) groups excluding carboxylic acids is 1. The lowest BCUT2D eigenvalue weighted by molar-refractivity contribution is 0.251. The van der Waals surface area contributed by atoms with Crippen molar-refractivity contribution in [3.63, 3.8) is 0 Å². The van der Waals surface area contributed by atoms with E-state index in [1.165, 1.54) is 11.3 Å². The number of benzene rings is 1. The lowest BCUT2D eigenvalue weighted by Gasteiger charge is -2.08. The standard InChI is InChI=1S/C18H13ClN4OS/c19-17-7-6-16(25-17)15-5-4-14(11-21-15)23-18(24)22-10-13-3-1-2-12(8-13)9-20/h1-8,11H,10H2,(H2,22,23,24). The van der Waals surface area contributed by atoms with Gasteiger partial charge in [-0.15, -0.1) is 11.3 Å². The lowest BCUT2D eigenvalue weighted by Crippen LogP contribution is -2.28. The number of nitriles is 1. The quantitative estimate of drug-likeness (QED) is 0.703. The minimum Gasteiger partial charge on any atom is -0.334 e. The second kappa shape index (κ2) is 7.79. The van der Waals surface area contributed by atoms with E-state index in [2.05, 4.69) is 21.7 Å². The Morgan fingerprint density at radius 2 is 2.12 bits per heavy atom. The first-order valence-corrected chi connectivity index (χ1v) is 8.59. The maximum Gasteiger partial charge on any atom is 0.319 e. The van der Waals surface area contributed by atoms with Gasteiger partial charge in [0.15, 0.2) is 0 Å². The molecular weight excluding hydrogens is 356 g/mol. The van der Waals surface area contributed by atoms with E-state index in [0.717, 1.165) is 16.1 Å². The molecule has 5 nitrogen and oxygen atoms in total. The van der Waals surface area contributed by atoms with Gasteiger partial charge in [0, 0.05) is 6.54 Å². The van der Waals surface area contributed by atoms with Crippen LogP contribution in [0.2, 0.25) is 4.34 Å². The van der Waals surface area contributed by atoms with Gasteiger partial charge >= 0.3 is 6.03 Å². The fraction of sp³-hybridized carbons (Fsp3) is 0.0556. The van der Waals surface area contributed by atoms with Crippen molar-refractivity contribution in [3.8, 4) is 16.6 Å². The fourth-order valence-electron chi connectivity index (χ4n) is 2.17. The molecule has 1 aromatic carbocycles. The van der Waals surface area contributed by atoms with Gasteiger partial charge < -0.3 is 10.6 Å². The zero-order valence-electron chi connectivity index (χ0n) is 13.0. The molecule has 2 aromatic heterocycles. The molecule has 0 fully saturated rings. The number of anilines is 1. The lowest BCUT2D eigenvalue weighted by atomic mass is 10.1. The Morgan fingerprint density at radius 1 is 1.24 bits per heavy atom. The second-order valence-electron chi connectivity index (χ2n) is 5.16. The van der Waals surface area contributed by atoms with E-state index in [1.807, 2.05) is 24.3 Å². The van der Waals surface area contributed by atoms with Crippen molar-refractivity contribution in [2.75, 3.05) is 5.32 Å². The number of nitrogens with zero attached hydrogens (tertiary/aromatic N) is 2. The number of rotatable bonds is 4. The van der Waals surface area contributed by atoms with Crippen molar-refractivity contribution >= 4 is 34.7 Å². The molecule has 2 N–H and O–H groups in total. The Balaban J connectivity index is 1.56. The van der Waals surface area contributed by atoms with Gasteiger partial charge in [0.25, 0.3) is 0 Å². The summed E-state index contributed by atoms with van der Waals surface area (Å²) in [6.45, 7) is 0.334. The van der Waals surface area contributed by atoms with Gasteiger partial charge in [0.05, 0.1) is 38.4 Å². The van der Waals surface area contributed by atoms with Crippen LogP contribution in [0.3, 0.4) is 0 Å². The number of urea groups is 1. The molecule has 2 amide bonds. The third kappa shape index (κ3) is 4.57. The van der Waals surface area contributed by atoms with Gasteiger partial charge in [0.1, 0.15) is 0 Å². The first kappa shape index (κ1) is 17.0. The van der Waals surface area contributed by atoms with Crippen LogP contribution >= 0.6 is 22.9 Å². The van der Waals surface area contributed by atoms with E-state index in [9.17, 15) is 4.79 Å². The van der Waals surface area contributed by atoms with Crippen LogP contribution in [0.4, 0.5) is 10.5 Å². The molecule has 0 atom stereocenters. The number of hydrogen-bond donors (Lipinski definition) is 2. The van der Waals surface area contributed by atoms with Crippen molar-refractivity contribution in [2.45, 2.75) is 6.54 Å². The van der Waals surface area contributed by atoms with Crippen LogP contribution in [0.15, 0.2) is 54.7 Å². The Labute approximate surface area is 153 Å². The second-order valence-corrected chi connectivity index (χ2v) is 6.87. The Kier molecular flexibility index (Phi) is 5.29. The first-order valence-electron chi connectivity index (χ1n) is 7.40. The number of thiophene rings is 1. The van der Waals surface area contributed by atoms with Crippen molar-refractivity contribution in [2.24, 2.45) is 0 Å². The van der Waals surface area contributed by atoms with Crippen LogP contribution in [0.1, 0.15) is 11.1 Å². The van der Waals surface area contributed by atoms with Gasteiger partial charge in [-0.1, -0.05) is 23.7 Å². The number of aromatic nitrogens is 1. The summed E-state index contributed by atoms with van der Waals surface area (Å²) in [5, 5.41) is 14.3. The number of amides is 2. The highest BCUT2D eigenvalue weighted by molar-refractivity contribution is 7.19. The average molecular weight is 369 g/mol. The minimum absolute atomic E-state index is 0.334. The number of pyridine rings is 1. The van der Waals surface area contributed by atoms with Crippen molar-refractivity contribution in [3.05, 3.63) is 70.2 Å². The number of hydrogen-bond acceptors (Lipinski definition) is 4. The summed E-state index contributed by atoms with van der Waals surface area (Å²) in [5.41, 5.74) is 2.82. The van der Waals surface area contributed by atoms with Crippen LogP contribution in [-0.2, 0) is 6.54 Å². The van der Waals surface area contributed by atoms with Gasteiger partial charge in [-0.05, 0) is 42.0 Å². The van der Waals surface area contributed by atoms with Crippen molar-refractivity contribution in [1.29, 1.82) is 5.26 Å². The predicted molar refractivity (Wildman–Crippen MR) is 99.6 cm³/mol. The van der Waals surface area contributed by atoms with Gasteiger partial charge in [0.2, 0.25) is 0 Å². The summed E-state index contributed by atoms with van der Waals surface area (Å²) in [5.74, 6) is 0. The highest BCUT2D eigenvalue weighted by Gasteiger charge is 2.06. The van der Waals surface area contributed by atoms with Gasteiger partial charge in [-0.2, -0.15) is 5.26 Å². The normalized spacial score (nSPS) is 10.1. The van der Waals surface area contributed by atoms with Gasteiger partial charge in [-0.25, -0.2) is 4.79 Å². The maximum absolute atomic E-state index is 12.0. The number of carbonyl (C=O) groups is 1. The molecule has 0 aliphatic rings. The van der Waals surface area contributed by atoms with Crippen molar-refractivity contribution in [1.82, 2.24) is 10.3 Å². The Hall–Kier alpha value is -2.88. The zero-order chi connectivity index (χ0) is 17.6. The molecule has 0 saturated heterocycles. The molecular formula is C18H13ClN4OS. The highest BCUT2D eigenvalue weighted by atomic mass is 35.5. The molecule has 0 unspecified atom stereocenters. The van der Waals surface area contributed by atoms with Crippen LogP contribution in [0.5, 0.6) is 0 Å². The molecule has 7 heteroatoms. The zero-order valence-corrected chi connectivity index (χ0v) is 14.6. The molecule has 0 aliphatic carbocycles. The molecule has 0 saturated carbocycles. The molecule has 3 aromatic rings. The van der Waals surface area contributed by atoms with Crippen LogP contribution in [-0.4, -0.2) is 11.0 Å². The van der Waals surface area contributed by atoms with E-state index in [4.69, 9.17) is 16.9 Å². The van der Waals surface area contributed by atoms with E-state index >= 15 is 0 Å². The van der Waals surface area contributed by atoms with E-state index in [0.29, 0.717) is 22.1 Å². The third-order valence-electron chi connectivity index (χ3n) is 3.36. The summed E-state index contributed by atoms with van der Waals surface area (Å²) in [7, 11) is 0. The molecule has 2 heterocycles. The molecule has 3 rings (SSSR count). The summed E-state index contributed by atoms with van der Waals surface area (Å²) in [6.07, 6.45) is 1.60. The molecule has 0 radical (unpaired) electrons. The van der Waals surface area contributed by atoms with Gasteiger partial charge in [-0.3, -0.25) is 4.98 Å². The highest BCUT2D eigenvalue weighted by Crippen LogP contribution is 2.29. The van der Waals surface area contributed by atoms with Crippen molar-refractivity contribution < 1.29 is 4.79 Å². The summed E-state index contributed by atoms with van der Waals surface area (Å²) < 4.78 is 0.707. The van der Waals surface area contributed by atoms with Crippen LogP contribution < -0.4 is 10.6 Å². The molecule has 0 aliphatic heterocycles. The minimum atomic E-state index is -0.337. The average Bonchev–Trinajstić information content (AvgIpc) is 3.07. The van der Waals surface area contributed by atoms with E-state index in [1.54, 1.807) is 30.5 Å². The molecule has 0 bridgehead atoms. The summed E-state index contributed by atoms with van der Waals surface area (Å²) in [4.78, 5) is 17.3. The molecule has 0 spiro atoms. The smallest absolute Gasteiger partial charge is 0.319 e. The van der Waals surface area contributed by atoms with E-state index in [-0.39, 0.29) is 6.03 Å². The summed E-state index contributed by atoms with van der Waals surface area (Å²) in [6, 6.07) is 16.2. The van der Waals surface area contributed by atoms with Crippen LogP contribution in [0, 0.1) is 11.3 Å². The fourth-order valence-corrected chi connectivity index (χ4v) is 3.19. The topological polar surface area (TPSA) is 77.8 Å². The third-order valence-corrected chi connectivity index (χ3v) is 4.61. The molecule has 25 heavy (non-hydrogen) atoms. The monoisotopic (exact) mass is 368 g/mol. The predicted octanol–water partition coefficient (Wildman–Crippen LogP) is 4.66. The summed E-state index contributed by atoms with van der Waals surface area (Å²) >= 11 is 7.37.